The van der Waals surface area contributed by atoms with Crippen LogP contribution in [0.25, 0.3) is 0 Å². The number of halogens is 2. The molecule has 2 rings (SSSR count). The summed E-state index contributed by atoms with van der Waals surface area (Å²) in [5.74, 6) is -0.0148. The van der Waals surface area contributed by atoms with E-state index >= 15 is 0 Å². The van der Waals surface area contributed by atoms with Gasteiger partial charge in [-0.15, -0.1) is 12.4 Å². The number of benzene rings is 1. The van der Waals surface area contributed by atoms with Gasteiger partial charge in [-0.25, -0.2) is 4.39 Å². The van der Waals surface area contributed by atoms with Gasteiger partial charge in [-0.05, 0) is 30.7 Å². The maximum absolute atomic E-state index is 13.6. The summed E-state index contributed by atoms with van der Waals surface area (Å²) in [5.41, 5.74) is 1.63. The summed E-state index contributed by atoms with van der Waals surface area (Å²) < 4.78 is 13.6. The minimum Gasteiger partial charge on any atom is -0.314 e. The number of hydrogen-bond donors (Lipinski definition) is 1. The van der Waals surface area contributed by atoms with Gasteiger partial charge in [0.1, 0.15) is 6.17 Å². The zero-order valence-electron chi connectivity index (χ0n) is 8.82. The number of nitriles is 1. The molecule has 0 amide bonds. The van der Waals surface area contributed by atoms with Crippen LogP contribution < -0.4 is 5.32 Å². The van der Waals surface area contributed by atoms with Crippen molar-refractivity contribution in [2.45, 2.75) is 18.5 Å². The molecular formula is C12H14ClFN2. The molecule has 0 bridgehead atoms. The lowest BCUT2D eigenvalue weighted by molar-refractivity contribution is 0.231. The second kappa shape index (κ2) is 5.83. The van der Waals surface area contributed by atoms with E-state index in [-0.39, 0.29) is 18.3 Å². The van der Waals surface area contributed by atoms with Gasteiger partial charge in [-0.3, -0.25) is 0 Å². The molecule has 0 radical (unpaired) electrons. The van der Waals surface area contributed by atoms with Crippen LogP contribution in [0, 0.1) is 11.3 Å². The van der Waals surface area contributed by atoms with E-state index in [1.165, 1.54) is 0 Å². The molecular weight excluding hydrogens is 227 g/mol. The predicted molar refractivity (Wildman–Crippen MR) is 63.5 cm³/mol. The topological polar surface area (TPSA) is 35.8 Å². The third-order valence-electron chi connectivity index (χ3n) is 2.88. The molecule has 4 heteroatoms. The first-order valence-electron chi connectivity index (χ1n) is 5.16. The second-order valence-corrected chi connectivity index (χ2v) is 3.85. The van der Waals surface area contributed by atoms with Gasteiger partial charge in [0.25, 0.3) is 0 Å². The van der Waals surface area contributed by atoms with Gasteiger partial charge in [0, 0.05) is 12.5 Å². The molecule has 86 valence electrons. The van der Waals surface area contributed by atoms with Gasteiger partial charge in [-0.1, -0.05) is 12.1 Å². The molecule has 1 N–H and O–H groups in total. The molecule has 1 fully saturated rings. The third-order valence-corrected chi connectivity index (χ3v) is 2.88. The molecule has 2 atom stereocenters. The van der Waals surface area contributed by atoms with Crippen molar-refractivity contribution in [1.82, 2.24) is 5.32 Å². The van der Waals surface area contributed by atoms with E-state index in [0.717, 1.165) is 18.5 Å². The molecule has 2 nitrogen and oxygen atoms in total. The Kier molecular flexibility index (Phi) is 4.72. The van der Waals surface area contributed by atoms with E-state index in [2.05, 4.69) is 11.4 Å². The first-order valence-corrected chi connectivity index (χ1v) is 5.16. The van der Waals surface area contributed by atoms with Crippen LogP contribution in [0.4, 0.5) is 4.39 Å². The number of nitrogens with zero attached hydrogens (tertiary/aromatic N) is 1. The standard InChI is InChI=1S/C12H13FN2.ClH/c13-12-8-15-6-5-11(12)10-3-1-9(7-14)2-4-10;/h1-4,11-12,15H,5-6,8H2;1H. The molecule has 2 unspecified atom stereocenters. The summed E-state index contributed by atoms with van der Waals surface area (Å²) in [6.07, 6.45) is 0.0132. The Morgan fingerprint density at radius 2 is 2.00 bits per heavy atom. The zero-order chi connectivity index (χ0) is 10.7. The molecule has 0 aliphatic carbocycles. The van der Waals surface area contributed by atoms with Crippen LogP contribution in [0.3, 0.4) is 0 Å². The smallest absolute Gasteiger partial charge is 0.119 e. The summed E-state index contributed by atoms with van der Waals surface area (Å²) in [6, 6.07) is 9.29. The third kappa shape index (κ3) is 2.72. The fourth-order valence-corrected chi connectivity index (χ4v) is 2.00. The summed E-state index contributed by atoms with van der Waals surface area (Å²) in [6.45, 7) is 1.30. The lowest BCUT2D eigenvalue weighted by Gasteiger charge is -2.26. The average Bonchev–Trinajstić information content (AvgIpc) is 2.30. The first-order chi connectivity index (χ1) is 7.31. The van der Waals surface area contributed by atoms with Crippen LogP contribution in [0.1, 0.15) is 23.5 Å². The van der Waals surface area contributed by atoms with Gasteiger partial charge in [0.15, 0.2) is 0 Å². The van der Waals surface area contributed by atoms with E-state index in [1.54, 1.807) is 12.1 Å². The molecule has 1 aromatic rings. The molecule has 1 saturated heterocycles. The highest BCUT2D eigenvalue weighted by molar-refractivity contribution is 5.85. The lowest BCUT2D eigenvalue weighted by atomic mass is 9.88. The number of piperidine rings is 1. The van der Waals surface area contributed by atoms with E-state index in [4.69, 9.17) is 5.26 Å². The predicted octanol–water partition coefficient (Wildman–Crippen LogP) is 2.40. The monoisotopic (exact) mass is 240 g/mol. The minimum atomic E-state index is -0.813. The SMILES string of the molecule is Cl.N#Cc1ccc(C2CCNCC2F)cc1. The largest absolute Gasteiger partial charge is 0.314 e. The van der Waals surface area contributed by atoms with Gasteiger partial charge < -0.3 is 5.32 Å². The molecule has 16 heavy (non-hydrogen) atoms. The minimum absolute atomic E-state index is 0. The summed E-state index contributed by atoms with van der Waals surface area (Å²) >= 11 is 0. The Bertz CT molecular complexity index is 372. The fourth-order valence-electron chi connectivity index (χ4n) is 2.00. The van der Waals surface area contributed by atoms with Gasteiger partial charge in [0.2, 0.25) is 0 Å². The Balaban J connectivity index is 0.00000128. The van der Waals surface area contributed by atoms with Crippen LogP contribution in [-0.4, -0.2) is 19.3 Å². The zero-order valence-corrected chi connectivity index (χ0v) is 9.64. The van der Waals surface area contributed by atoms with Crippen molar-refractivity contribution in [3.05, 3.63) is 35.4 Å². The molecule has 0 spiro atoms. The first kappa shape index (κ1) is 13.0. The maximum atomic E-state index is 13.6. The molecule has 0 aromatic heterocycles. The summed E-state index contributed by atoms with van der Waals surface area (Å²) in [5, 5.41) is 11.7. The molecule has 0 saturated carbocycles. The molecule has 1 heterocycles. The van der Waals surface area contributed by atoms with E-state index in [9.17, 15) is 4.39 Å². The lowest BCUT2D eigenvalue weighted by Crippen LogP contribution is -2.36. The number of hydrogen-bond acceptors (Lipinski definition) is 2. The van der Waals surface area contributed by atoms with Crippen molar-refractivity contribution in [2.24, 2.45) is 0 Å². The highest BCUT2D eigenvalue weighted by atomic mass is 35.5. The Hall–Kier alpha value is -1.11. The van der Waals surface area contributed by atoms with Crippen LogP contribution >= 0.6 is 12.4 Å². The van der Waals surface area contributed by atoms with Crippen molar-refractivity contribution in [2.75, 3.05) is 13.1 Å². The molecule has 1 aromatic carbocycles. The number of alkyl halides is 1. The van der Waals surface area contributed by atoms with E-state index in [0.29, 0.717) is 12.1 Å². The Morgan fingerprint density at radius 1 is 1.31 bits per heavy atom. The highest BCUT2D eigenvalue weighted by Crippen LogP contribution is 2.27. The van der Waals surface area contributed by atoms with E-state index in [1.807, 2.05) is 12.1 Å². The Morgan fingerprint density at radius 3 is 2.56 bits per heavy atom. The second-order valence-electron chi connectivity index (χ2n) is 3.85. The molecule has 1 aliphatic rings. The highest BCUT2D eigenvalue weighted by Gasteiger charge is 2.25. The summed E-state index contributed by atoms with van der Waals surface area (Å²) in [7, 11) is 0. The summed E-state index contributed by atoms with van der Waals surface area (Å²) in [4.78, 5) is 0. The quantitative estimate of drug-likeness (QED) is 0.818. The number of nitrogens with one attached hydrogen (secondary N) is 1. The van der Waals surface area contributed by atoms with E-state index < -0.39 is 6.17 Å². The Labute approximate surface area is 101 Å². The van der Waals surface area contributed by atoms with Crippen LogP contribution in [0.5, 0.6) is 0 Å². The maximum Gasteiger partial charge on any atom is 0.119 e. The van der Waals surface area contributed by atoms with Crippen molar-refractivity contribution in [3.8, 4) is 6.07 Å². The number of rotatable bonds is 1. The van der Waals surface area contributed by atoms with Gasteiger partial charge in [0.05, 0.1) is 11.6 Å². The van der Waals surface area contributed by atoms with Crippen molar-refractivity contribution in [1.29, 1.82) is 5.26 Å². The van der Waals surface area contributed by atoms with Crippen LogP contribution in [0.15, 0.2) is 24.3 Å². The van der Waals surface area contributed by atoms with Crippen LogP contribution in [-0.2, 0) is 0 Å². The average molecular weight is 241 g/mol. The fraction of sp³-hybridized carbons (Fsp3) is 0.417. The van der Waals surface area contributed by atoms with Crippen LogP contribution in [0.2, 0.25) is 0 Å². The van der Waals surface area contributed by atoms with Gasteiger partial charge in [-0.2, -0.15) is 5.26 Å². The normalized spacial score (nSPS) is 24.2. The van der Waals surface area contributed by atoms with Crippen molar-refractivity contribution < 1.29 is 4.39 Å². The molecule has 1 aliphatic heterocycles. The van der Waals surface area contributed by atoms with Gasteiger partial charge >= 0.3 is 0 Å². The van der Waals surface area contributed by atoms with Crippen molar-refractivity contribution >= 4 is 12.4 Å². The van der Waals surface area contributed by atoms with Crippen molar-refractivity contribution in [3.63, 3.8) is 0 Å².